The molecule has 1 N–H and O–H groups in total. The average molecular weight is 305 g/mol. The molecule has 1 aromatic rings. The highest BCUT2D eigenvalue weighted by atomic mass is 79.9. The van der Waals surface area contributed by atoms with Crippen LogP contribution in [0.15, 0.2) is 22.7 Å². The van der Waals surface area contributed by atoms with E-state index >= 15 is 0 Å². The van der Waals surface area contributed by atoms with Gasteiger partial charge >= 0.3 is 0 Å². The van der Waals surface area contributed by atoms with Crippen LogP contribution in [-0.4, -0.2) is 6.04 Å². The van der Waals surface area contributed by atoms with Crippen molar-refractivity contribution in [1.29, 1.82) is 0 Å². The first-order chi connectivity index (χ1) is 7.67. The van der Waals surface area contributed by atoms with Crippen molar-refractivity contribution in [3.63, 3.8) is 0 Å². The van der Waals surface area contributed by atoms with Crippen molar-refractivity contribution in [3.8, 4) is 0 Å². The fourth-order valence-electron chi connectivity index (χ4n) is 1.66. The maximum absolute atomic E-state index is 6.17. The lowest BCUT2D eigenvalue weighted by molar-refractivity contribution is 0.593. The van der Waals surface area contributed by atoms with Gasteiger partial charge in [0.25, 0.3) is 0 Å². The lowest BCUT2D eigenvalue weighted by Gasteiger charge is -2.19. The van der Waals surface area contributed by atoms with E-state index in [1.54, 1.807) is 0 Å². The highest BCUT2D eigenvalue weighted by Crippen LogP contribution is 2.27. The first-order valence-electron chi connectivity index (χ1n) is 5.89. The number of nitrogens with one attached hydrogen (secondary N) is 1. The number of benzene rings is 1. The van der Waals surface area contributed by atoms with E-state index in [2.05, 4.69) is 35.1 Å². The Morgan fingerprint density at radius 1 is 1.38 bits per heavy atom. The van der Waals surface area contributed by atoms with E-state index in [1.165, 1.54) is 19.3 Å². The van der Waals surface area contributed by atoms with E-state index in [9.17, 15) is 0 Å². The zero-order valence-electron chi connectivity index (χ0n) is 9.89. The summed E-state index contributed by atoms with van der Waals surface area (Å²) in [7, 11) is 0. The minimum atomic E-state index is 0.527. The fourth-order valence-corrected chi connectivity index (χ4v) is 2.38. The number of hydrogen-bond acceptors (Lipinski definition) is 1. The summed E-state index contributed by atoms with van der Waals surface area (Å²) < 4.78 is 1.02. The van der Waals surface area contributed by atoms with Gasteiger partial charge in [0.15, 0.2) is 0 Å². The summed E-state index contributed by atoms with van der Waals surface area (Å²) in [6.07, 6.45) is 4.84. The molecule has 16 heavy (non-hydrogen) atoms. The standard InChI is InChI=1S/C13H19BrClN/c1-3-5-6-11(4-2)16-13-8-7-10(14)9-12(13)15/h7-9,11,16H,3-6H2,1-2H3. The van der Waals surface area contributed by atoms with E-state index in [4.69, 9.17) is 11.6 Å². The predicted molar refractivity (Wildman–Crippen MR) is 76.4 cm³/mol. The van der Waals surface area contributed by atoms with Gasteiger partial charge in [-0.3, -0.25) is 0 Å². The first kappa shape index (κ1) is 13.9. The Balaban J connectivity index is 2.62. The molecule has 1 aromatic carbocycles. The number of rotatable bonds is 6. The molecule has 0 radical (unpaired) electrons. The van der Waals surface area contributed by atoms with E-state index in [1.807, 2.05) is 18.2 Å². The molecule has 1 unspecified atom stereocenters. The van der Waals surface area contributed by atoms with E-state index in [-0.39, 0.29) is 0 Å². The van der Waals surface area contributed by atoms with Crippen LogP contribution in [0.3, 0.4) is 0 Å². The van der Waals surface area contributed by atoms with Crippen molar-refractivity contribution in [3.05, 3.63) is 27.7 Å². The second-order valence-electron chi connectivity index (χ2n) is 4.02. The van der Waals surface area contributed by atoms with Gasteiger partial charge in [0, 0.05) is 10.5 Å². The summed E-state index contributed by atoms with van der Waals surface area (Å²) in [4.78, 5) is 0. The fraction of sp³-hybridized carbons (Fsp3) is 0.538. The summed E-state index contributed by atoms with van der Waals surface area (Å²) in [5, 5.41) is 4.29. The molecular weight excluding hydrogens is 286 g/mol. The lowest BCUT2D eigenvalue weighted by Crippen LogP contribution is -2.18. The van der Waals surface area contributed by atoms with Crippen molar-refractivity contribution < 1.29 is 0 Å². The molecular formula is C13H19BrClN. The predicted octanol–water partition coefficient (Wildman–Crippen LogP) is 5.48. The Labute approximate surface area is 112 Å². The van der Waals surface area contributed by atoms with Crippen molar-refractivity contribution in [1.82, 2.24) is 0 Å². The minimum Gasteiger partial charge on any atom is -0.381 e. The molecule has 0 bridgehead atoms. The van der Waals surface area contributed by atoms with Gasteiger partial charge in [-0.1, -0.05) is 54.2 Å². The molecule has 3 heteroatoms. The third-order valence-corrected chi connectivity index (χ3v) is 3.50. The van der Waals surface area contributed by atoms with Crippen LogP contribution in [0.25, 0.3) is 0 Å². The van der Waals surface area contributed by atoms with Gasteiger partial charge in [0.2, 0.25) is 0 Å². The van der Waals surface area contributed by atoms with Crippen LogP contribution in [0.4, 0.5) is 5.69 Å². The Hall–Kier alpha value is -0.210. The van der Waals surface area contributed by atoms with Gasteiger partial charge in [0.05, 0.1) is 10.7 Å². The van der Waals surface area contributed by atoms with Gasteiger partial charge in [-0.2, -0.15) is 0 Å². The molecule has 1 atom stereocenters. The van der Waals surface area contributed by atoms with Crippen molar-refractivity contribution in [2.24, 2.45) is 0 Å². The summed E-state index contributed by atoms with van der Waals surface area (Å²) >= 11 is 9.58. The Bertz CT molecular complexity index is 328. The molecule has 0 aliphatic rings. The second kappa shape index (κ2) is 7.18. The number of halogens is 2. The summed E-state index contributed by atoms with van der Waals surface area (Å²) in [5.41, 5.74) is 1.04. The molecule has 0 saturated heterocycles. The zero-order chi connectivity index (χ0) is 12.0. The van der Waals surface area contributed by atoms with Crippen LogP contribution < -0.4 is 5.32 Å². The maximum atomic E-state index is 6.17. The van der Waals surface area contributed by atoms with Crippen molar-refractivity contribution >= 4 is 33.2 Å². The molecule has 0 aromatic heterocycles. The highest BCUT2D eigenvalue weighted by Gasteiger charge is 2.07. The summed E-state index contributed by atoms with van der Waals surface area (Å²) in [5.74, 6) is 0. The lowest BCUT2D eigenvalue weighted by atomic mass is 10.1. The minimum absolute atomic E-state index is 0.527. The molecule has 0 saturated carbocycles. The Morgan fingerprint density at radius 3 is 2.69 bits per heavy atom. The molecule has 1 nitrogen and oxygen atoms in total. The van der Waals surface area contributed by atoms with E-state index < -0.39 is 0 Å². The monoisotopic (exact) mass is 303 g/mol. The summed E-state index contributed by atoms with van der Waals surface area (Å²) in [6, 6.07) is 6.50. The van der Waals surface area contributed by atoms with Crippen LogP contribution in [0.5, 0.6) is 0 Å². The van der Waals surface area contributed by atoms with Crippen molar-refractivity contribution in [2.75, 3.05) is 5.32 Å². The normalized spacial score (nSPS) is 12.5. The smallest absolute Gasteiger partial charge is 0.0648 e. The van der Waals surface area contributed by atoms with Gasteiger partial charge in [-0.15, -0.1) is 0 Å². The van der Waals surface area contributed by atoms with Crippen LogP contribution >= 0.6 is 27.5 Å². The Morgan fingerprint density at radius 2 is 2.12 bits per heavy atom. The molecule has 1 rings (SSSR count). The highest BCUT2D eigenvalue weighted by molar-refractivity contribution is 9.10. The molecule has 0 heterocycles. The zero-order valence-corrected chi connectivity index (χ0v) is 12.2. The van der Waals surface area contributed by atoms with Gasteiger partial charge in [-0.05, 0) is 31.0 Å². The third kappa shape index (κ3) is 4.34. The Kier molecular flexibility index (Phi) is 6.22. The molecule has 0 aliphatic heterocycles. The maximum Gasteiger partial charge on any atom is 0.0648 e. The van der Waals surface area contributed by atoms with Crippen molar-refractivity contribution in [2.45, 2.75) is 45.6 Å². The number of anilines is 1. The van der Waals surface area contributed by atoms with Gasteiger partial charge < -0.3 is 5.32 Å². The molecule has 0 amide bonds. The molecule has 0 spiro atoms. The molecule has 0 aliphatic carbocycles. The topological polar surface area (TPSA) is 12.0 Å². The van der Waals surface area contributed by atoms with E-state index in [0.29, 0.717) is 6.04 Å². The van der Waals surface area contributed by atoms with Crippen LogP contribution in [-0.2, 0) is 0 Å². The third-order valence-electron chi connectivity index (χ3n) is 2.69. The van der Waals surface area contributed by atoms with Crippen LogP contribution in [0, 0.1) is 0 Å². The SMILES string of the molecule is CCCCC(CC)Nc1ccc(Br)cc1Cl. The van der Waals surface area contributed by atoms with Crippen LogP contribution in [0.1, 0.15) is 39.5 Å². The average Bonchev–Trinajstić information content (AvgIpc) is 2.27. The number of hydrogen-bond donors (Lipinski definition) is 1. The van der Waals surface area contributed by atoms with Gasteiger partial charge in [0.1, 0.15) is 0 Å². The number of unbranched alkanes of at least 4 members (excludes halogenated alkanes) is 1. The van der Waals surface area contributed by atoms with E-state index in [0.717, 1.165) is 21.6 Å². The second-order valence-corrected chi connectivity index (χ2v) is 5.34. The first-order valence-corrected chi connectivity index (χ1v) is 7.06. The summed E-state index contributed by atoms with van der Waals surface area (Å²) in [6.45, 7) is 4.43. The quantitative estimate of drug-likeness (QED) is 0.733. The molecule has 90 valence electrons. The molecule has 0 fully saturated rings. The van der Waals surface area contributed by atoms with Gasteiger partial charge in [-0.25, -0.2) is 0 Å². The van der Waals surface area contributed by atoms with Crippen LogP contribution in [0.2, 0.25) is 5.02 Å². The largest absolute Gasteiger partial charge is 0.381 e.